The van der Waals surface area contributed by atoms with Crippen molar-refractivity contribution in [3.63, 3.8) is 0 Å². The SMILES string of the molecule is CCOC(=O)c1sc(NS(=O)(=O)c2cccc(C#N)c2)cc1C. The van der Waals surface area contributed by atoms with Crippen LogP contribution < -0.4 is 4.72 Å². The van der Waals surface area contributed by atoms with E-state index in [9.17, 15) is 13.2 Å². The van der Waals surface area contributed by atoms with E-state index in [1.54, 1.807) is 19.9 Å². The molecule has 0 fully saturated rings. The number of hydrogen-bond acceptors (Lipinski definition) is 6. The second kappa shape index (κ2) is 6.81. The first-order valence-electron chi connectivity index (χ1n) is 6.68. The standard InChI is InChI=1S/C15H14N2O4S2/c1-3-21-15(18)14-10(2)7-13(22-14)17-23(19,20)12-6-4-5-11(8-12)9-16/h4-8,17H,3H2,1-2H3. The van der Waals surface area contributed by atoms with E-state index in [1.165, 1.54) is 24.3 Å². The number of benzene rings is 1. The Balaban J connectivity index is 2.29. The van der Waals surface area contributed by atoms with E-state index in [2.05, 4.69) is 4.72 Å². The first kappa shape index (κ1) is 17.0. The third kappa shape index (κ3) is 3.88. The van der Waals surface area contributed by atoms with Gasteiger partial charge in [-0.05, 0) is 43.7 Å². The molecule has 1 heterocycles. The summed E-state index contributed by atoms with van der Waals surface area (Å²) < 4.78 is 32.1. The fraction of sp³-hybridized carbons (Fsp3) is 0.200. The predicted octanol–water partition coefficient (Wildman–Crippen LogP) is 2.91. The molecule has 0 bridgehead atoms. The third-order valence-corrected chi connectivity index (χ3v) is 5.51. The summed E-state index contributed by atoms with van der Waals surface area (Å²) in [5.41, 5.74) is 0.888. The molecule has 1 N–H and O–H groups in total. The normalized spacial score (nSPS) is 10.8. The molecule has 23 heavy (non-hydrogen) atoms. The van der Waals surface area contributed by atoms with Gasteiger partial charge in [0, 0.05) is 0 Å². The smallest absolute Gasteiger partial charge is 0.348 e. The summed E-state index contributed by atoms with van der Waals surface area (Å²) in [6.45, 7) is 3.65. The molecule has 0 atom stereocenters. The van der Waals surface area contributed by atoms with Crippen LogP contribution in [0.5, 0.6) is 0 Å². The lowest BCUT2D eigenvalue weighted by molar-refractivity contribution is 0.0531. The zero-order chi connectivity index (χ0) is 17.0. The summed E-state index contributed by atoms with van der Waals surface area (Å²) in [5, 5.41) is 9.17. The average Bonchev–Trinajstić information content (AvgIpc) is 2.87. The van der Waals surface area contributed by atoms with Crippen molar-refractivity contribution in [2.75, 3.05) is 11.3 Å². The zero-order valence-corrected chi connectivity index (χ0v) is 14.1. The van der Waals surface area contributed by atoms with Gasteiger partial charge in [-0.3, -0.25) is 4.72 Å². The fourth-order valence-corrected chi connectivity index (χ4v) is 4.15. The number of aryl methyl sites for hydroxylation is 1. The maximum Gasteiger partial charge on any atom is 0.348 e. The van der Waals surface area contributed by atoms with E-state index in [-0.39, 0.29) is 17.1 Å². The highest BCUT2D eigenvalue weighted by atomic mass is 32.2. The Kier molecular flexibility index (Phi) is 5.03. The van der Waals surface area contributed by atoms with E-state index >= 15 is 0 Å². The maximum absolute atomic E-state index is 12.4. The molecule has 0 aliphatic rings. The highest BCUT2D eigenvalue weighted by molar-refractivity contribution is 7.93. The quantitative estimate of drug-likeness (QED) is 0.836. The summed E-state index contributed by atoms with van der Waals surface area (Å²) in [4.78, 5) is 12.1. The minimum Gasteiger partial charge on any atom is -0.462 e. The van der Waals surface area contributed by atoms with Gasteiger partial charge in [0.1, 0.15) is 9.88 Å². The largest absolute Gasteiger partial charge is 0.462 e. The topological polar surface area (TPSA) is 96.3 Å². The van der Waals surface area contributed by atoms with E-state index in [0.717, 1.165) is 11.3 Å². The highest BCUT2D eigenvalue weighted by Crippen LogP contribution is 2.29. The lowest BCUT2D eigenvalue weighted by Crippen LogP contribution is -2.12. The molecular weight excluding hydrogens is 336 g/mol. The summed E-state index contributed by atoms with van der Waals surface area (Å²) >= 11 is 1.01. The van der Waals surface area contributed by atoms with Crippen LogP contribution in [0.3, 0.4) is 0 Å². The van der Waals surface area contributed by atoms with Gasteiger partial charge in [0.15, 0.2) is 0 Å². The number of carbonyl (C=O) groups is 1. The molecule has 0 unspecified atom stereocenters. The van der Waals surface area contributed by atoms with Crippen molar-refractivity contribution in [2.24, 2.45) is 0 Å². The number of nitrogens with one attached hydrogen (secondary N) is 1. The molecule has 0 saturated heterocycles. The number of hydrogen-bond donors (Lipinski definition) is 1. The summed E-state index contributed by atoms with van der Waals surface area (Å²) in [6.07, 6.45) is 0. The Morgan fingerprint density at radius 2 is 2.13 bits per heavy atom. The second-order valence-corrected chi connectivity index (χ2v) is 7.32. The lowest BCUT2D eigenvalue weighted by Gasteiger charge is -2.05. The van der Waals surface area contributed by atoms with Crippen LogP contribution in [0, 0.1) is 18.3 Å². The van der Waals surface area contributed by atoms with Crippen LogP contribution in [-0.2, 0) is 14.8 Å². The summed E-state index contributed by atoms with van der Waals surface area (Å²) in [5.74, 6) is -0.480. The molecule has 1 aromatic heterocycles. The number of ether oxygens (including phenoxy) is 1. The van der Waals surface area contributed by atoms with Gasteiger partial charge in [-0.2, -0.15) is 5.26 Å². The summed E-state index contributed by atoms with van der Waals surface area (Å²) in [7, 11) is -3.83. The van der Waals surface area contributed by atoms with Crippen LogP contribution >= 0.6 is 11.3 Å². The fourth-order valence-electron chi connectivity index (χ4n) is 1.86. The Hall–Kier alpha value is -2.37. The molecule has 1 aromatic carbocycles. The molecule has 0 aliphatic heterocycles. The summed E-state index contributed by atoms with van der Waals surface area (Å²) in [6, 6.07) is 9.17. The molecule has 0 radical (unpaired) electrons. The van der Waals surface area contributed by atoms with Crippen LogP contribution in [0.25, 0.3) is 0 Å². The molecule has 0 saturated carbocycles. The first-order valence-corrected chi connectivity index (χ1v) is 8.98. The van der Waals surface area contributed by atoms with Crippen molar-refractivity contribution in [1.29, 1.82) is 5.26 Å². The average molecular weight is 350 g/mol. The van der Waals surface area contributed by atoms with Gasteiger partial charge in [0.05, 0.1) is 23.1 Å². The molecule has 2 rings (SSSR count). The predicted molar refractivity (Wildman–Crippen MR) is 87.0 cm³/mol. The molecule has 0 aliphatic carbocycles. The Bertz CT molecular complexity index is 879. The van der Waals surface area contributed by atoms with Crippen LogP contribution in [-0.4, -0.2) is 21.0 Å². The highest BCUT2D eigenvalue weighted by Gasteiger charge is 2.19. The number of carbonyl (C=O) groups excluding carboxylic acids is 1. The van der Waals surface area contributed by atoms with Crippen LogP contribution in [0.2, 0.25) is 0 Å². The monoisotopic (exact) mass is 350 g/mol. The van der Waals surface area contributed by atoms with Gasteiger partial charge in [-0.15, -0.1) is 11.3 Å². The molecule has 120 valence electrons. The van der Waals surface area contributed by atoms with Crippen molar-refractivity contribution >= 4 is 32.3 Å². The van der Waals surface area contributed by atoms with Crippen molar-refractivity contribution in [2.45, 2.75) is 18.7 Å². The molecule has 8 heteroatoms. The molecule has 2 aromatic rings. The van der Waals surface area contributed by atoms with Crippen molar-refractivity contribution in [1.82, 2.24) is 0 Å². The number of rotatable bonds is 5. The third-order valence-electron chi connectivity index (χ3n) is 2.89. The number of anilines is 1. The number of sulfonamides is 1. The van der Waals surface area contributed by atoms with Crippen molar-refractivity contribution in [3.05, 3.63) is 46.3 Å². The van der Waals surface area contributed by atoms with E-state index in [4.69, 9.17) is 10.00 Å². The second-order valence-electron chi connectivity index (χ2n) is 4.59. The minimum atomic E-state index is -3.83. The number of esters is 1. The number of nitriles is 1. The van der Waals surface area contributed by atoms with Crippen LogP contribution in [0.4, 0.5) is 5.00 Å². The van der Waals surface area contributed by atoms with Gasteiger partial charge >= 0.3 is 5.97 Å². The Morgan fingerprint density at radius 1 is 1.39 bits per heavy atom. The number of thiophene rings is 1. The van der Waals surface area contributed by atoms with E-state index in [0.29, 0.717) is 15.4 Å². The zero-order valence-electron chi connectivity index (χ0n) is 12.5. The molecule has 6 nitrogen and oxygen atoms in total. The van der Waals surface area contributed by atoms with E-state index < -0.39 is 16.0 Å². The van der Waals surface area contributed by atoms with Gasteiger partial charge in [-0.25, -0.2) is 13.2 Å². The van der Waals surface area contributed by atoms with Gasteiger partial charge in [0.25, 0.3) is 10.0 Å². The van der Waals surface area contributed by atoms with Crippen molar-refractivity contribution in [3.8, 4) is 6.07 Å². The maximum atomic E-state index is 12.4. The molecule has 0 amide bonds. The van der Waals surface area contributed by atoms with Gasteiger partial charge in [-0.1, -0.05) is 6.07 Å². The van der Waals surface area contributed by atoms with Crippen molar-refractivity contribution < 1.29 is 17.9 Å². The minimum absolute atomic E-state index is 0.0136. The Labute approximate surface area is 138 Å². The number of nitrogens with zero attached hydrogens (tertiary/aromatic N) is 1. The molecular formula is C15H14N2O4S2. The Morgan fingerprint density at radius 3 is 2.78 bits per heavy atom. The molecule has 0 spiro atoms. The van der Waals surface area contributed by atoms with E-state index in [1.807, 2.05) is 6.07 Å². The van der Waals surface area contributed by atoms with Crippen LogP contribution in [0.15, 0.2) is 35.2 Å². The van der Waals surface area contributed by atoms with Crippen LogP contribution in [0.1, 0.15) is 27.7 Å². The van der Waals surface area contributed by atoms with Gasteiger partial charge < -0.3 is 4.74 Å². The lowest BCUT2D eigenvalue weighted by atomic mass is 10.2. The first-order chi connectivity index (χ1) is 10.9. The van der Waals surface area contributed by atoms with Gasteiger partial charge in [0.2, 0.25) is 0 Å².